The molecule has 0 saturated carbocycles. The zero-order valence-corrected chi connectivity index (χ0v) is 18.2. The van der Waals surface area contributed by atoms with Crippen molar-refractivity contribution in [3.63, 3.8) is 0 Å². The van der Waals surface area contributed by atoms with Gasteiger partial charge in [0.05, 0.1) is 36.8 Å². The first-order chi connectivity index (χ1) is 14.6. The number of rotatable bonds is 5. The molecule has 0 saturated heterocycles. The van der Waals surface area contributed by atoms with Gasteiger partial charge in [0.1, 0.15) is 10.8 Å². The Labute approximate surface area is 180 Å². The number of thiazole rings is 1. The number of methoxy groups -OCH3 is 1. The Morgan fingerprint density at radius 2 is 1.93 bits per heavy atom. The second-order valence-electron chi connectivity index (χ2n) is 7.76. The molecular weight excluding hydrogens is 392 g/mol. The molecular formula is C24H24N4OS. The third-order valence-corrected chi connectivity index (χ3v) is 6.67. The van der Waals surface area contributed by atoms with Gasteiger partial charge in [0.25, 0.3) is 0 Å². The van der Waals surface area contributed by atoms with E-state index in [-0.39, 0.29) is 0 Å². The molecule has 2 aromatic carbocycles. The molecule has 30 heavy (non-hydrogen) atoms. The Morgan fingerprint density at radius 1 is 1.10 bits per heavy atom. The van der Waals surface area contributed by atoms with Crippen LogP contribution in [0.25, 0.3) is 10.3 Å². The summed E-state index contributed by atoms with van der Waals surface area (Å²) in [5, 5.41) is 7.96. The van der Waals surface area contributed by atoms with E-state index in [1.54, 1.807) is 18.4 Å². The van der Waals surface area contributed by atoms with Crippen LogP contribution < -0.4 is 4.74 Å². The number of hydrogen-bond donors (Lipinski definition) is 0. The Hall–Kier alpha value is -3.12. The minimum atomic E-state index is 0.748. The van der Waals surface area contributed by atoms with Crippen LogP contribution in [0.15, 0.2) is 53.6 Å². The van der Waals surface area contributed by atoms with Crippen molar-refractivity contribution in [2.45, 2.75) is 26.4 Å². The van der Waals surface area contributed by atoms with Gasteiger partial charge in [-0.1, -0.05) is 42.0 Å². The van der Waals surface area contributed by atoms with Crippen LogP contribution in [0.2, 0.25) is 0 Å². The van der Waals surface area contributed by atoms with E-state index >= 15 is 0 Å². The van der Waals surface area contributed by atoms with Gasteiger partial charge in [-0.15, -0.1) is 11.3 Å². The zero-order chi connectivity index (χ0) is 20.7. The monoisotopic (exact) mass is 416 g/mol. The largest absolute Gasteiger partial charge is 0.497 e. The van der Waals surface area contributed by atoms with Crippen molar-refractivity contribution >= 4 is 27.9 Å². The summed E-state index contributed by atoms with van der Waals surface area (Å²) in [4.78, 5) is 4.95. The van der Waals surface area contributed by atoms with Gasteiger partial charge in [0, 0.05) is 19.0 Å². The molecule has 152 valence electrons. The van der Waals surface area contributed by atoms with Crippen molar-refractivity contribution in [2.24, 2.45) is 12.1 Å². The number of hydrazone groups is 1. The predicted molar refractivity (Wildman–Crippen MR) is 122 cm³/mol. The molecule has 1 aliphatic heterocycles. The Morgan fingerprint density at radius 3 is 2.73 bits per heavy atom. The first kappa shape index (κ1) is 18.9. The zero-order valence-electron chi connectivity index (χ0n) is 17.4. The van der Waals surface area contributed by atoms with E-state index < -0.39 is 0 Å². The fourth-order valence-electron chi connectivity index (χ4n) is 3.91. The van der Waals surface area contributed by atoms with Gasteiger partial charge in [-0.2, -0.15) is 5.10 Å². The van der Waals surface area contributed by atoms with Gasteiger partial charge in [0.2, 0.25) is 0 Å². The number of ether oxygens (including phenoxy) is 1. The lowest BCUT2D eigenvalue weighted by molar-refractivity contribution is 0.261. The molecule has 0 fully saturated rings. The van der Waals surface area contributed by atoms with Crippen molar-refractivity contribution in [1.82, 2.24) is 14.6 Å². The molecule has 0 amide bonds. The molecule has 2 aromatic heterocycles. The summed E-state index contributed by atoms with van der Waals surface area (Å²) in [5.74, 6) is 0.874. The summed E-state index contributed by atoms with van der Waals surface area (Å²) >= 11 is 1.78. The summed E-state index contributed by atoms with van der Waals surface area (Å²) < 4.78 is 8.80. The molecule has 3 heterocycles. The fourth-order valence-corrected chi connectivity index (χ4v) is 5.07. The molecule has 1 aliphatic rings. The number of hydrogen-bond acceptors (Lipinski definition) is 5. The van der Waals surface area contributed by atoms with E-state index in [1.807, 2.05) is 18.3 Å². The molecule has 0 atom stereocenters. The molecule has 0 bridgehead atoms. The molecule has 0 aliphatic carbocycles. The third kappa shape index (κ3) is 3.48. The lowest BCUT2D eigenvalue weighted by Gasteiger charge is -2.23. The number of benzene rings is 2. The highest BCUT2D eigenvalue weighted by Crippen LogP contribution is 2.33. The van der Waals surface area contributed by atoms with Crippen LogP contribution in [0.1, 0.15) is 33.0 Å². The molecule has 6 heteroatoms. The maximum atomic E-state index is 5.34. The summed E-state index contributed by atoms with van der Waals surface area (Å²) in [6.07, 6.45) is 2.86. The molecule has 4 aromatic rings. The number of fused-ring (bicyclic) bond motifs is 3. The molecule has 0 N–H and O–H groups in total. The van der Waals surface area contributed by atoms with Gasteiger partial charge in [-0.3, -0.25) is 5.01 Å². The van der Waals surface area contributed by atoms with E-state index in [0.29, 0.717) is 0 Å². The van der Waals surface area contributed by atoms with Crippen LogP contribution in [0.3, 0.4) is 0 Å². The van der Waals surface area contributed by atoms with Gasteiger partial charge >= 0.3 is 0 Å². The van der Waals surface area contributed by atoms with Crippen LogP contribution in [-0.2, 0) is 26.6 Å². The fraction of sp³-hybridized carbons (Fsp3) is 0.250. The number of aromatic nitrogens is 2. The molecule has 0 radical (unpaired) electrons. The summed E-state index contributed by atoms with van der Waals surface area (Å²) in [7, 11) is 3.81. The maximum absolute atomic E-state index is 5.34. The Kier molecular flexibility index (Phi) is 4.79. The normalized spacial score (nSPS) is 13.1. The second kappa shape index (κ2) is 7.61. The van der Waals surface area contributed by atoms with Gasteiger partial charge in [-0.25, -0.2) is 4.98 Å². The SMILES string of the molecule is COc1cccc(CN2Cc3c(c4sc(Cc5ccc(C)cc5)nc4n3C)C=N2)c1. The summed E-state index contributed by atoms with van der Waals surface area (Å²) in [5.41, 5.74) is 7.30. The van der Waals surface area contributed by atoms with E-state index in [4.69, 9.17) is 14.8 Å². The molecule has 0 spiro atoms. The quantitative estimate of drug-likeness (QED) is 0.465. The van der Waals surface area contributed by atoms with Crippen LogP contribution in [0.5, 0.6) is 5.75 Å². The lowest BCUT2D eigenvalue weighted by Crippen LogP contribution is -2.22. The lowest BCUT2D eigenvalue weighted by atomic mass is 10.1. The first-order valence-electron chi connectivity index (χ1n) is 10.0. The van der Waals surface area contributed by atoms with Crippen molar-refractivity contribution < 1.29 is 4.74 Å². The van der Waals surface area contributed by atoms with Crippen molar-refractivity contribution in [1.29, 1.82) is 0 Å². The van der Waals surface area contributed by atoms with E-state index in [0.717, 1.165) is 35.9 Å². The highest BCUT2D eigenvalue weighted by atomic mass is 32.1. The van der Waals surface area contributed by atoms with Crippen LogP contribution >= 0.6 is 11.3 Å². The molecule has 0 unspecified atom stereocenters. The Bertz CT molecular complexity index is 1240. The summed E-state index contributed by atoms with van der Waals surface area (Å²) in [6.45, 7) is 3.64. The topological polar surface area (TPSA) is 42.6 Å². The highest BCUT2D eigenvalue weighted by Gasteiger charge is 2.23. The minimum Gasteiger partial charge on any atom is -0.497 e. The van der Waals surface area contributed by atoms with Crippen LogP contribution in [-0.4, -0.2) is 27.9 Å². The first-order valence-corrected chi connectivity index (χ1v) is 10.9. The highest BCUT2D eigenvalue weighted by molar-refractivity contribution is 7.19. The van der Waals surface area contributed by atoms with Crippen LogP contribution in [0, 0.1) is 6.92 Å². The minimum absolute atomic E-state index is 0.748. The van der Waals surface area contributed by atoms with Gasteiger partial charge in [0.15, 0.2) is 5.65 Å². The van der Waals surface area contributed by atoms with Crippen molar-refractivity contribution in [2.75, 3.05) is 7.11 Å². The number of aryl methyl sites for hydroxylation is 2. The van der Waals surface area contributed by atoms with Gasteiger partial charge < -0.3 is 9.30 Å². The van der Waals surface area contributed by atoms with Gasteiger partial charge in [-0.05, 0) is 30.2 Å². The average molecular weight is 417 g/mol. The van der Waals surface area contributed by atoms with E-state index in [1.165, 1.54) is 32.6 Å². The molecule has 5 rings (SSSR count). The third-order valence-electron chi connectivity index (χ3n) is 5.59. The second-order valence-corrected chi connectivity index (χ2v) is 8.84. The smallest absolute Gasteiger partial charge is 0.152 e. The predicted octanol–water partition coefficient (Wildman–Crippen LogP) is 4.89. The van der Waals surface area contributed by atoms with Crippen molar-refractivity contribution in [3.8, 4) is 5.75 Å². The maximum Gasteiger partial charge on any atom is 0.152 e. The summed E-state index contributed by atoms with van der Waals surface area (Å²) in [6, 6.07) is 16.9. The molecule has 5 nitrogen and oxygen atoms in total. The van der Waals surface area contributed by atoms with Crippen LogP contribution in [0.4, 0.5) is 0 Å². The van der Waals surface area contributed by atoms with E-state index in [2.05, 4.69) is 59.9 Å². The van der Waals surface area contributed by atoms with Crippen molar-refractivity contribution in [3.05, 3.63) is 81.5 Å². The Balaban J connectivity index is 1.39. The standard InChI is InChI=1S/C24H24N4OS/c1-16-7-9-17(10-8-16)12-22-26-24-23(30-22)20-13-25-28(15-21(20)27(24)2)14-18-5-4-6-19(11-18)29-3/h4-11,13H,12,14-15H2,1-3H3. The average Bonchev–Trinajstić information content (AvgIpc) is 3.28. The number of nitrogens with zero attached hydrogens (tertiary/aromatic N) is 4. The van der Waals surface area contributed by atoms with E-state index in [9.17, 15) is 0 Å².